The van der Waals surface area contributed by atoms with Gasteiger partial charge >= 0.3 is 0 Å². The number of aryl methyl sites for hydroxylation is 3. The quantitative estimate of drug-likeness (QED) is 0.614. The molecule has 5 heteroatoms. The Labute approximate surface area is 178 Å². The zero-order valence-electron chi connectivity index (χ0n) is 17.7. The summed E-state index contributed by atoms with van der Waals surface area (Å²) in [5.41, 5.74) is 8.60. The van der Waals surface area contributed by atoms with Gasteiger partial charge in [-0.1, -0.05) is 18.2 Å². The van der Waals surface area contributed by atoms with Crippen LogP contribution in [0.25, 0.3) is 5.69 Å². The largest absolute Gasteiger partial charge is 0.352 e. The lowest BCUT2D eigenvalue weighted by Crippen LogP contribution is -2.29. The van der Waals surface area contributed by atoms with Gasteiger partial charge in [-0.05, 0) is 87.8 Å². The van der Waals surface area contributed by atoms with Crippen LogP contribution in [0.15, 0.2) is 48.7 Å². The fraction of sp³-hybridized carbons (Fsp3) is 0.333. The molecule has 1 saturated heterocycles. The average molecular weight is 405 g/mol. The zero-order chi connectivity index (χ0) is 20.7. The minimum atomic E-state index is 0.0382. The van der Waals surface area contributed by atoms with Gasteiger partial charge in [0.1, 0.15) is 0 Å². The van der Waals surface area contributed by atoms with Crippen molar-refractivity contribution < 1.29 is 0 Å². The second-order valence-corrected chi connectivity index (χ2v) is 8.25. The van der Waals surface area contributed by atoms with E-state index in [9.17, 15) is 0 Å². The van der Waals surface area contributed by atoms with E-state index < -0.39 is 0 Å². The lowest BCUT2D eigenvalue weighted by Gasteiger charge is -2.27. The summed E-state index contributed by atoms with van der Waals surface area (Å²) in [6, 6.07) is 15.2. The van der Waals surface area contributed by atoms with Crippen molar-refractivity contribution >= 4 is 17.3 Å². The molecule has 150 valence electrons. The molecule has 3 aromatic rings. The summed E-state index contributed by atoms with van der Waals surface area (Å²) in [7, 11) is 0. The predicted molar refractivity (Wildman–Crippen MR) is 123 cm³/mol. The minimum absolute atomic E-state index is 0.0382. The van der Waals surface area contributed by atoms with Crippen LogP contribution in [0.2, 0.25) is 0 Å². The van der Waals surface area contributed by atoms with Gasteiger partial charge in [-0.3, -0.25) is 4.98 Å². The Hall–Kier alpha value is -2.66. The molecule has 0 amide bonds. The third-order valence-corrected chi connectivity index (χ3v) is 6.29. The van der Waals surface area contributed by atoms with E-state index >= 15 is 0 Å². The second kappa shape index (κ2) is 7.64. The van der Waals surface area contributed by atoms with Gasteiger partial charge in [-0.25, -0.2) is 0 Å². The molecule has 2 aromatic heterocycles. The lowest BCUT2D eigenvalue weighted by atomic mass is 9.97. The van der Waals surface area contributed by atoms with Gasteiger partial charge in [-0.15, -0.1) is 0 Å². The fourth-order valence-electron chi connectivity index (χ4n) is 4.50. The standard InChI is InChI=1S/C24H28N4S/c1-6-27-23(22(26-24(27)29)20-9-7-8-12-25-20)19-14-17(4)28(18(19)5)21-13-15(2)10-11-16(21)3/h7-14,22-23H,6H2,1-5H3,(H,26,29)/t22-,23-/m1/s1. The van der Waals surface area contributed by atoms with Crippen LogP contribution in [0, 0.1) is 27.7 Å². The van der Waals surface area contributed by atoms with E-state index in [4.69, 9.17) is 12.2 Å². The number of benzene rings is 1. The van der Waals surface area contributed by atoms with Crippen LogP contribution in [0.1, 0.15) is 52.8 Å². The highest BCUT2D eigenvalue weighted by Crippen LogP contribution is 2.41. The number of aromatic nitrogens is 2. The van der Waals surface area contributed by atoms with E-state index in [0.29, 0.717) is 0 Å². The maximum Gasteiger partial charge on any atom is 0.170 e. The number of pyridine rings is 1. The highest BCUT2D eigenvalue weighted by Gasteiger charge is 2.40. The molecule has 1 aliphatic rings. The van der Waals surface area contributed by atoms with Crippen LogP contribution in [-0.4, -0.2) is 26.1 Å². The molecule has 0 unspecified atom stereocenters. The van der Waals surface area contributed by atoms with Crippen molar-refractivity contribution in [2.45, 2.75) is 46.7 Å². The molecule has 0 radical (unpaired) electrons. The number of thiocarbonyl (C=S) groups is 1. The number of likely N-dealkylation sites (N-methyl/N-ethyl adjacent to an activating group) is 1. The van der Waals surface area contributed by atoms with E-state index in [-0.39, 0.29) is 12.1 Å². The molecule has 29 heavy (non-hydrogen) atoms. The number of rotatable bonds is 4. The van der Waals surface area contributed by atoms with Crippen LogP contribution in [-0.2, 0) is 0 Å². The lowest BCUT2D eigenvalue weighted by molar-refractivity contribution is 0.329. The molecular weight excluding hydrogens is 376 g/mol. The smallest absolute Gasteiger partial charge is 0.170 e. The van der Waals surface area contributed by atoms with Gasteiger partial charge < -0.3 is 14.8 Å². The van der Waals surface area contributed by atoms with Crippen molar-refractivity contribution in [1.29, 1.82) is 0 Å². The summed E-state index contributed by atoms with van der Waals surface area (Å²) >= 11 is 5.69. The summed E-state index contributed by atoms with van der Waals surface area (Å²) in [5.74, 6) is 0. The molecule has 0 bridgehead atoms. The summed E-state index contributed by atoms with van der Waals surface area (Å²) in [4.78, 5) is 6.91. The molecular formula is C24H28N4S. The van der Waals surface area contributed by atoms with E-state index in [1.54, 1.807) is 0 Å². The summed E-state index contributed by atoms with van der Waals surface area (Å²) in [6.45, 7) is 11.7. The summed E-state index contributed by atoms with van der Waals surface area (Å²) in [6.07, 6.45) is 1.85. The molecule has 2 atom stereocenters. The van der Waals surface area contributed by atoms with Crippen molar-refractivity contribution in [3.63, 3.8) is 0 Å². The molecule has 1 N–H and O–H groups in total. The Morgan fingerprint density at radius 2 is 1.86 bits per heavy atom. The van der Waals surface area contributed by atoms with Gasteiger partial charge in [0.25, 0.3) is 0 Å². The Bertz CT molecular complexity index is 1050. The van der Waals surface area contributed by atoms with Crippen molar-refractivity contribution in [3.8, 4) is 5.69 Å². The van der Waals surface area contributed by atoms with Gasteiger partial charge in [-0.2, -0.15) is 0 Å². The van der Waals surface area contributed by atoms with Gasteiger partial charge in [0.2, 0.25) is 0 Å². The first kappa shape index (κ1) is 19.6. The first-order valence-electron chi connectivity index (χ1n) is 10.2. The van der Waals surface area contributed by atoms with Crippen LogP contribution >= 0.6 is 12.2 Å². The highest BCUT2D eigenvalue weighted by atomic mass is 32.1. The normalized spacial score (nSPS) is 18.9. The summed E-state index contributed by atoms with van der Waals surface area (Å²) < 4.78 is 2.38. The molecule has 0 saturated carbocycles. The predicted octanol–water partition coefficient (Wildman–Crippen LogP) is 5.10. The van der Waals surface area contributed by atoms with E-state index in [1.807, 2.05) is 18.3 Å². The number of hydrogen-bond acceptors (Lipinski definition) is 2. The van der Waals surface area contributed by atoms with Gasteiger partial charge in [0.05, 0.1) is 17.8 Å². The molecule has 4 nitrogen and oxygen atoms in total. The van der Waals surface area contributed by atoms with E-state index in [0.717, 1.165) is 17.4 Å². The van der Waals surface area contributed by atoms with Crippen LogP contribution in [0.4, 0.5) is 0 Å². The Kier molecular flexibility index (Phi) is 5.17. The molecule has 1 aromatic carbocycles. The van der Waals surface area contributed by atoms with Crippen LogP contribution < -0.4 is 5.32 Å². The molecule has 1 fully saturated rings. The number of nitrogens with one attached hydrogen (secondary N) is 1. The second-order valence-electron chi connectivity index (χ2n) is 7.86. The highest BCUT2D eigenvalue weighted by molar-refractivity contribution is 7.80. The van der Waals surface area contributed by atoms with Gasteiger partial charge in [0, 0.05) is 29.8 Å². The minimum Gasteiger partial charge on any atom is -0.352 e. The van der Waals surface area contributed by atoms with Crippen molar-refractivity contribution in [3.05, 3.63) is 82.4 Å². The number of nitrogens with zero attached hydrogens (tertiary/aromatic N) is 3. The third kappa shape index (κ3) is 3.33. The molecule has 3 heterocycles. The monoisotopic (exact) mass is 404 g/mol. The van der Waals surface area contributed by atoms with Gasteiger partial charge in [0.15, 0.2) is 5.11 Å². The SMILES string of the molecule is CCN1C(=S)N[C@H](c2ccccn2)[C@H]1c1cc(C)n(-c2cc(C)ccc2C)c1C. The Morgan fingerprint density at radius 1 is 1.07 bits per heavy atom. The maximum atomic E-state index is 5.69. The average Bonchev–Trinajstić information content (AvgIpc) is 3.19. The van der Waals surface area contributed by atoms with Crippen molar-refractivity contribution in [1.82, 2.24) is 19.8 Å². The Morgan fingerprint density at radius 3 is 2.55 bits per heavy atom. The third-order valence-electron chi connectivity index (χ3n) is 5.93. The summed E-state index contributed by atoms with van der Waals surface area (Å²) in [5, 5.41) is 4.32. The Balaban J connectivity index is 1.86. The van der Waals surface area contributed by atoms with E-state index in [2.05, 4.69) is 84.7 Å². The molecule has 1 aliphatic heterocycles. The van der Waals surface area contributed by atoms with Crippen LogP contribution in [0.3, 0.4) is 0 Å². The van der Waals surface area contributed by atoms with Crippen molar-refractivity contribution in [2.24, 2.45) is 0 Å². The zero-order valence-corrected chi connectivity index (χ0v) is 18.5. The molecule has 0 aliphatic carbocycles. The first-order chi connectivity index (χ1) is 13.9. The van der Waals surface area contributed by atoms with Crippen LogP contribution in [0.5, 0.6) is 0 Å². The fourth-order valence-corrected chi connectivity index (χ4v) is 4.87. The topological polar surface area (TPSA) is 33.1 Å². The first-order valence-corrected chi connectivity index (χ1v) is 10.6. The molecule has 0 spiro atoms. The number of hydrogen-bond donors (Lipinski definition) is 1. The maximum absolute atomic E-state index is 5.69. The van der Waals surface area contributed by atoms with Crippen molar-refractivity contribution in [2.75, 3.05) is 6.54 Å². The molecule has 4 rings (SSSR count). The van der Waals surface area contributed by atoms with E-state index in [1.165, 1.54) is 33.8 Å².